The molecule has 8 nitrogen and oxygen atoms in total. The van der Waals surface area contributed by atoms with Gasteiger partial charge in [0.05, 0.1) is 13.2 Å². The molecule has 26 heavy (non-hydrogen) atoms. The molecule has 1 aromatic rings. The zero-order valence-corrected chi connectivity index (χ0v) is 15.7. The minimum atomic E-state index is -1.82. The van der Waals surface area contributed by atoms with Crippen molar-refractivity contribution in [1.29, 1.82) is 0 Å². The van der Waals surface area contributed by atoms with E-state index in [1.54, 1.807) is 0 Å². The number of hydrogen-bond donors (Lipinski definition) is 4. The molecule has 0 aliphatic carbocycles. The molecule has 0 aliphatic heterocycles. The second kappa shape index (κ2) is 14.1. The minimum Gasteiger partial charge on any atom is -0.491 e. The summed E-state index contributed by atoms with van der Waals surface area (Å²) in [6, 6.07) is 6.40. The molecule has 0 atom stereocenters. The Labute approximate surface area is 154 Å². The number of carboxylic acids is 2. The van der Waals surface area contributed by atoms with E-state index in [9.17, 15) is 0 Å². The van der Waals surface area contributed by atoms with Crippen molar-refractivity contribution in [2.75, 3.05) is 39.5 Å². The molecule has 0 heterocycles. The summed E-state index contributed by atoms with van der Waals surface area (Å²) >= 11 is 0. The van der Waals surface area contributed by atoms with E-state index in [4.69, 9.17) is 35.0 Å². The Morgan fingerprint density at radius 3 is 2.31 bits per heavy atom. The number of carboxylic acid groups (broad SMARTS) is 2. The predicted molar refractivity (Wildman–Crippen MR) is 98.8 cm³/mol. The Kier molecular flexibility index (Phi) is 12.9. The molecule has 1 rings (SSSR count). The molecule has 0 bridgehead atoms. The molecule has 0 saturated heterocycles. The Balaban J connectivity index is 0.000000896. The first-order valence-electron chi connectivity index (χ1n) is 8.47. The second-order valence-electron chi connectivity index (χ2n) is 5.79. The van der Waals surface area contributed by atoms with Crippen LogP contribution in [0, 0.1) is 6.92 Å². The molecule has 0 amide bonds. The summed E-state index contributed by atoms with van der Waals surface area (Å²) in [6.45, 7) is 10.6. The quantitative estimate of drug-likeness (QED) is 0.357. The van der Waals surface area contributed by atoms with E-state index in [1.807, 2.05) is 0 Å². The monoisotopic (exact) mass is 370 g/mol. The van der Waals surface area contributed by atoms with Gasteiger partial charge < -0.3 is 30.7 Å². The maximum absolute atomic E-state index is 9.10. The Bertz CT molecular complexity index is 536. The molecule has 8 heteroatoms. The normalized spacial score (nSPS) is 10.2. The lowest BCUT2D eigenvalue weighted by molar-refractivity contribution is -0.159. The molecule has 5 N–H and O–H groups in total. The molecule has 0 radical (unpaired) electrons. The van der Waals surface area contributed by atoms with Crippen molar-refractivity contribution in [3.8, 4) is 5.75 Å². The van der Waals surface area contributed by atoms with Gasteiger partial charge in [-0.1, -0.05) is 26.0 Å². The number of nitrogens with two attached hydrogens (primary N) is 1. The highest BCUT2D eigenvalue weighted by Crippen LogP contribution is 2.24. The number of hydrogen-bond acceptors (Lipinski definition) is 6. The van der Waals surface area contributed by atoms with E-state index < -0.39 is 11.9 Å². The first kappa shape index (κ1) is 23.8. The first-order chi connectivity index (χ1) is 12.3. The fourth-order valence-electron chi connectivity index (χ4n) is 1.82. The predicted octanol–water partition coefficient (Wildman–Crippen LogP) is 1.22. The van der Waals surface area contributed by atoms with Crippen LogP contribution in [-0.2, 0) is 14.3 Å². The lowest BCUT2D eigenvalue weighted by Gasteiger charge is -2.13. The van der Waals surface area contributed by atoms with Crippen molar-refractivity contribution in [3.05, 3.63) is 29.3 Å². The van der Waals surface area contributed by atoms with Crippen molar-refractivity contribution in [3.63, 3.8) is 0 Å². The van der Waals surface area contributed by atoms with E-state index >= 15 is 0 Å². The molecule has 0 spiro atoms. The molecular formula is C18H30N2O6. The zero-order valence-electron chi connectivity index (χ0n) is 15.7. The molecule has 1 aromatic carbocycles. The van der Waals surface area contributed by atoms with Crippen molar-refractivity contribution in [1.82, 2.24) is 5.32 Å². The van der Waals surface area contributed by atoms with Crippen LogP contribution in [0.25, 0.3) is 0 Å². The maximum atomic E-state index is 9.10. The standard InChI is InChI=1S/C16H28N2O2.C2H2O4/c1-13(2)15-5-4-14(3)16(12-15)20-11-10-19-9-8-18-7-6-17;3-1(4)2(5)6/h4-5,12-13,18H,6-11,17H2,1-3H3;(H,3,4)(H,5,6). The molecular weight excluding hydrogens is 340 g/mol. The number of ether oxygens (including phenoxy) is 2. The van der Waals surface area contributed by atoms with Gasteiger partial charge in [-0.15, -0.1) is 0 Å². The van der Waals surface area contributed by atoms with E-state index in [2.05, 4.69) is 44.3 Å². The number of rotatable bonds is 10. The van der Waals surface area contributed by atoms with Gasteiger partial charge >= 0.3 is 11.9 Å². The van der Waals surface area contributed by atoms with Crippen LogP contribution in [0.2, 0.25) is 0 Å². The van der Waals surface area contributed by atoms with Crippen LogP contribution < -0.4 is 15.8 Å². The van der Waals surface area contributed by atoms with Crippen LogP contribution in [0.1, 0.15) is 30.9 Å². The molecule has 0 aliphatic rings. The highest BCUT2D eigenvalue weighted by molar-refractivity contribution is 6.27. The zero-order chi connectivity index (χ0) is 19.9. The summed E-state index contributed by atoms with van der Waals surface area (Å²) in [6.07, 6.45) is 0. The lowest BCUT2D eigenvalue weighted by atomic mass is 10.0. The summed E-state index contributed by atoms with van der Waals surface area (Å²) in [5.41, 5.74) is 7.85. The fraction of sp³-hybridized carbons (Fsp3) is 0.556. The van der Waals surface area contributed by atoms with Gasteiger partial charge in [-0.05, 0) is 30.0 Å². The van der Waals surface area contributed by atoms with Crippen LogP contribution in [-0.4, -0.2) is 61.6 Å². The number of benzene rings is 1. The van der Waals surface area contributed by atoms with Gasteiger partial charge in [0.1, 0.15) is 12.4 Å². The van der Waals surface area contributed by atoms with Gasteiger partial charge in [0.2, 0.25) is 0 Å². The molecule has 0 unspecified atom stereocenters. The molecule has 0 saturated carbocycles. The number of aliphatic carboxylic acids is 2. The number of aryl methyl sites for hydroxylation is 1. The van der Waals surface area contributed by atoms with Gasteiger partial charge in [-0.2, -0.15) is 0 Å². The third kappa shape index (κ3) is 11.4. The van der Waals surface area contributed by atoms with Gasteiger partial charge in [0.25, 0.3) is 0 Å². The van der Waals surface area contributed by atoms with Gasteiger partial charge in [-0.3, -0.25) is 0 Å². The van der Waals surface area contributed by atoms with E-state index in [-0.39, 0.29) is 0 Å². The lowest BCUT2D eigenvalue weighted by Crippen LogP contribution is -2.26. The number of carbonyl (C=O) groups is 2. The van der Waals surface area contributed by atoms with Gasteiger partial charge in [-0.25, -0.2) is 9.59 Å². The van der Waals surface area contributed by atoms with Crippen LogP contribution in [0.3, 0.4) is 0 Å². The molecule has 148 valence electrons. The maximum Gasteiger partial charge on any atom is 0.414 e. The first-order valence-corrected chi connectivity index (χ1v) is 8.47. The highest BCUT2D eigenvalue weighted by Gasteiger charge is 2.05. The second-order valence-corrected chi connectivity index (χ2v) is 5.79. The Morgan fingerprint density at radius 2 is 1.77 bits per heavy atom. The van der Waals surface area contributed by atoms with Crippen molar-refractivity contribution >= 4 is 11.9 Å². The summed E-state index contributed by atoms with van der Waals surface area (Å²) in [4.78, 5) is 18.2. The Morgan fingerprint density at radius 1 is 1.12 bits per heavy atom. The smallest absolute Gasteiger partial charge is 0.414 e. The van der Waals surface area contributed by atoms with Crippen LogP contribution in [0.4, 0.5) is 0 Å². The average Bonchev–Trinajstić information content (AvgIpc) is 2.59. The highest BCUT2D eigenvalue weighted by atomic mass is 16.5. The fourth-order valence-corrected chi connectivity index (χ4v) is 1.82. The molecule has 0 aromatic heterocycles. The SMILES string of the molecule is Cc1ccc(C(C)C)cc1OCCOCCNCCN.O=C(O)C(=O)O. The molecule has 0 fully saturated rings. The van der Waals surface area contributed by atoms with E-state index in [0.29, 0.717) is 32.3 Å². The average molecular weight is 370 g/mol. The summed E-state index contributed by atoms with van der Waals surface area (Å²) in [5, 5.41) is 18.0. The topological polar surface area (TPSA) is 131 Å². The van der Waals surface area contributed by atoms with Gasteiger partial charge in [0.15, 0.2) is 0 Å². The summed E-state index contributed by atoms with van der Waals surface area (Å²) in [5.74, 6) is -2.17. The Hall–Kier alpha value is -2.16. The number of nitrogens with one attached hydrogen (secondary N) is 1. The van der Waals surface area contributed by atoms with Crippen molar-refractivity contribution < 1.29 is 29.3 Å². The van der Waals surface area contributed by atoms with Crippen LogP contribution in [0.5, 0.6) is 5.75 Å². The minimum absolute atomic E-state index is 0.516. The van der Waals surface area contributed by atoms with E-state index in [0.717, 1.165) is 18.8 Å². The van der Waals surface area contributed by atoms with Crippen molar-refractivity contribution in [2.24, 2.45) is 5.73 Å². The largest absolute Gasteiger partial charge is 0.491 e. The van der Waals surface area contributed by atoms with Gasteiger partial charge in [0, 0.05) is 19.6 Å². The van der Waals surface area contributed by atoms with Crippen molar-refractivity contribution in [2.45, 2.75) is 26.7 Å². The van der Waals surface area contributed by atoms with E-state index in [1.165, 1.54) is 11.1 Å². The summed E-state index contributed by atoms with van der Waals surface area (Å²) in [7, 11) is 0. The summed E-state index contributed by atoms with van der Waals surface area (Å²) < 4.78 is 11.3. The van der Waals surface area contributed by atoms with Crippen LogP contribution in [0.15, 0.2) is 18.2 Å². The third-order valence-electron chi connectivity index (χ3n) is 3.29. The third-order valence-corrected chi connectivity index (χ3v) is 3.29. The van der Waals surface area contributed by atoms with Crippen LogP contribution >= 0.6 is 0 Å².